The van der Waals surface area contributed by atoms with Crippen LogP contribution in [0.15, 0.2) is 15.8 Å². The van der Waals surface area contributed by atoms with Crippen LogP contribution < -0.4 is 17.0 Å². The van der Waals surface area contributed by atoms with E-state index >= 15 is 0 Å². The molecule has 0 amide bonds. The van der Waals surface area contributed by atoms with Crippen molar-refractivity contribution < 1.29 is 14.6 Å². The number of nitrogens with two attached hydrogens (primary N) is 1. The topological polar surface area (TPSA) is 127 Å². The van der Waals surface area contributed by atoms with Crippen LogP contribution in [0.25, 0.3) is 0 Å². The zero-order valence-electron chi connectivity index (χ0n) is 10.3. The Kier molecular flexibility index (Phi) is 3.54. The van der Waals surface area contributed by atoms with E-state index in [1.54, 1.807) is 6.92 Å². The van der Waals surface area contributed by atoms with Gasteiger partial charge in [0.25, 0.3) is 5.56 Å². The number of carboxylic acids is 1. The van der Waals surface area contributed by atoms with E-state index in [1.807, 2.05) is 0 Å². The number of nitrogens with one attached hydrogen (secondary N) is 1. The second-order valence-electron chi connectivity index (χ2n) is 4.61. The Morgan fingerprint density at radius 2 is 2.32 bits per heavy atom. The molecule has 1 saturated heterocycles. The zero-order valence-corrected chi connectivity index (χ0v) is 10.3. The molecule has 0 saturated carbocycles. The summed E-state index contributed by atoms with van der Waals surface area (Å²) >= 11 is 0. The van der Waals surface area contributed by atoms with E-state index in [0.717, 1.165) is 0 Å². The summed E-state index contributed by atoms with van der Waals surface area (Å²) in [7, 11) is 0. The van der Waals surface area contributed by atoms with Crippen LogP contribution in [0.2, 0.25) is 0 Å². The molecule has 3 atom stereocenters. The molecule has 1 unspecified atom stereocenters. The quantitative estimate of drug-likeness (QED) is 0.641. The summed E-state index contributed by atoms with van der Waals surface area (Å²) in [6.07, 6.45) is 0.212. The lowest BCUT2D eigenvalue weighted by Gasteiger charge is -2.15. The van der Waals surface area contributed by atoms with Gasteiger partial charge in [0.2, 0.25) is 0 Å². The third-order valence-electron chi connectivity index (χ3n) is 3.12. The Morgan fingerprint density at radius 3 is 2.95 bits per heavy atom. The number of aromatic amines is 1. The summed E-state index contributed by atoms with van der Waals surface area (Å²) in [6.45, 7) is 1.57. The Labute approximate surface area is 107 Å². The van der Waals surface area contributed by atoms with Crippen LogP contribution in [0.4, 0.5) is 0 Å². The third kappa shape index (κ3) is 2.74. The predicted octanol–water partition coefficient (Wildman–Crippen LogP) is -1.07. The zero-order chi connectivity index (χ0) is 14.2. The molecule has 1 aromatic rings. The van der Waals surface area contributed by atoms with E-state index in [0.29, 0.717) is 12.0 Å². The van der Waals surface area contributed by atoms with Crippen LogP contribution in [-0.2, 0) is 9.53 Å². The van der Waals surface area contributed by atoms with Gasteiger partial charge in [0.05, 0.1) is 12.5 Å². The monoisotopic (exact) mass is 269 g/mol. The highest BCUT2D eigenvalue weighted by Crippen LogP contribution is 2.28. The molecule has 0 bridgehead atoms. The van der Waals surface area contributed by atoms with Gasteiger partial charge in [0.1, 0.15) is 6.23 Å². The van der Waals surface area contributed by atoms with Gasteiger partial charge in [-0.3, -0.25) is 19.1 Å². The number of hydrogen-bond donors (Lipinski definition) is 3. The number of nitrogens with zero attached hydrogens (tertiary/aromatic N) is 1. The molecule has 1 aliphatic rings. The van der Waals surface area contributed by atoms with E-state index in [1.165, 1.54) is 10.8 Å². The minimum absolute atomic E-state index is 0.214. The lowest BCUT2D eigenvalue weighted by atomic mass is 10.1. The lowest BCUT2D eigenvalue weighted by molar-refractivity contribution is -0.140. The molecule has 0 spiro atoms. The number of aliphatic carboxylic acids is 1. The SMILES string of the molecule is Cc1cn([C@H]2CC(N)[C@@H](CC(=O)O)O2)c(=O)[nH]c1=O. The highest BCUT2D eigenvalue weighted by atomic mass is 16.5. The minimum atomic E-state index is -1.01. The van der Waals surface area contributed by atoms with Crippen molar-refractivity contribution in [3.63, 3.8) is 0 Å². The number of rotatable bonds is 3. The van der Waals surface area contributed by atoms with Crippen molar-refractivity contribution in [1.29, 1.82) is 0 Å². The maximum absolute atomic E-state index is 11.7. The molecular weight excluding hydrogens is 254 g/mol. The molecule has 1 fully saturated rings. The summed E-state index contributed by atoms with van der Waals surface area (Å²) in [4.78, 5) is 35.8. The van der Waals surface area contributed by atoms with Crippen LogP contribution in [0.1, 0.15) is 24.6 Å². The van der Waals surface area contributed by atoms with Gasteiger partial charge in [-0.15, -0.1) is 0 Å². The number of ether oxygens (including phenoxy) is 1. The van der Waals surface area contributed by atoms with Crippen molar-refractivity contribution in [3.05, 3.63) is 32.6 Å². The molecule has 4 N–H and O–H groups in total. The maximum Gasteiger partial charge on any atom is 0.330 e. The third-order valence-corrected chi connectivity index (χ3v) is 3.12. The van der Waals surface area contributed by atoms with Crippen molar-refractivity contribution in [3.8, 4) is 0 Å². The second-order valence-corrected chi connectivity index (χ2v) is 4.61. The summed E-state index contributed by atoms with van der Waals surface area (Å²) in [5, 5.41) is 8.73. The molecule has 0 radical (unpaired) electrons. The van der Waals surface area contributed by atoms with Gasteiger partial charge in [-0.05, 0) is 6.92 Å². The molecule has 19 heavy (non-hydrogen) atoms. The summed E-state index contributed by atoms with van der Waals surface area (Å²) in [5.41, 5.74) is 5.12. The van der Waals surface area contributed by atoms with Crippen LogP contribution in [-0.4, -0.2) is 32.8 Å². The van der Waals surface area contributed by atoms with E-state index in [9.17, 15) is 14.4 Å². The lowest BCUT2D eigenvalue weighted by Crippen LogP contribution is -2.33. The standard InChI is InChI=1S/C11H15N3O5/c1-5-4-14(11(18)13-10(5)17)8-2-6(12)7(19-8)3-9(15)16/h4,6-8H,2-3,12H2,1H3,(H,15,16)(H,13,17,18)/t6?,7-,8-/m1/s1. The molecule has 104 valence electrons. The Hall–Kier alpha value is -1.93. The molecule has 8 nitrogen and oxygen atoms in total. The van der Waals surface area contributed by atoms with Gasteiger partial charge in [-0.1, -0.05) is 0 Å². The van der Waals surface area contributed by atoms with Gasteiger partial charge < -0.3 is 15.6 Å². The normalized spacial score (nSPS) is 26.5. The second kappa shape index (κ2) is 4.98. The number of carboxylic acid groups (broad SMARTS) is 1. The van der Waals surface area contributed by atoms with Crippen molar-refractivity contribution in [2.75, 3.05) is 0 Å². The first-order chi connectivity index (χ1) is 8.88. The highest BCUT2D eigenvalue weighted by Gasteiger charge is 2.35. The molecule has 2 heterocycles. The molecule has 1 aromatic heterocycles. The first-order valence-electron chi connectivity index (χ1n) is 5.83. The van der Waals surface area contributed by atoms with E-state index in [4.69, 9.17) is 15.6 Å². The molecular formula is C11H15N3O5. The summed E-state index contributed by atoms with van der Waals surface area (Å²) in [6, 6.07) is -0.458. The number of aromatic nitrogens is 2. The molecule has 1 aliphatic heterocycles. The van der Waals surface area contributed by atoms with Crippen molar-refractivity contribution in [2.24, 2.45) is 5.73 Å². The molecule has 0 aliphatic carbocycles. The van der Waals surface area contributed by atoms with E-state index < -0.39 is 35.6 Å². The van der Waals surface area contributed by atoms with Crippen molar-refractivity contribution >= 4 is 5.97 Å². The van der Waals surface area contributed by atoms with Gasteiger partial charge in [0.15, 0.2) is 0 Å². The minimum Gasteiger partial charge on any atom is -0.481 e. The first-order valence-corrected chi connectivity index (χ1v) is 5.83. The number of H-pyrrole nitrogens is 1. The van der Waals surface area contributed by atoms with Crippen LogP contribution in [0.5, 0.6) is 0 Å². The number of carbonyl (C=O) groups is 1. The van der Waals surface area contributed by atoms with E-state index in [-0.39, 0.29) is 6.42 Å². The average Bonchev–Trinajstić information content (AvgIpc) is 2.64. The van der Waals surface area contributed by atoms with Crippen LogP contribution >= 0.6 is 0 Å². The average molecular weight is 269 g/mol. The predicted molar refractivity (Wildman–Crippen MR) is 64.8 cm³/mol. The highest BCUT2D eigenvalue weighted by molar-refractivity contribution is 5.67. The van der Waals surface area contributed by atoms with Crippen LogP contribution in [0, 0.1) is 6.92 Å². The van der Waals surface area contributed by atoms with E-state index in [2.05, 4.69) is 4.98 Å². The number of hydrogen-bond acceptors (Lipinski definition) is 5. The van der Waals surface area contributed by atoms with Crippen molar-refractivity contribution in [1.82, 2.24) is 9.55 Å². The largest absolute Gasteiger partial charge is 0.481 e. The van der Waals surface area contributed by atoms with Crippen LogP contribution in [0.3, 0.4) is 0 Å². The van der Waals surface area contributed by atoms with Gasteiger partial charge in [0, 0.05) is 24.2 Å². The molecule has 0 aromatic carbocycles. The maximum atomic E-state index is 11.7. The smallest absolute Gasteiger partial charge is 0.330 e. The summed E-state index contributed by atoms with van der Waals surface area (Å²) in [5.74, 6) is -1.01. The summed E-state index contributed by atoms with van der Waals surface area (Å²) < 4.78 is 6.72. The van der Waals surface area contributed by atoms with Gasteiger partial charge in [-0.2, -0.15) is 0 Å². The van der Waals surface area contributed by atoms with Crippen molar-refractivity contribution in [2.45, 2.75) is 38.1 Å². The fourth-order valence-electron chi connectivity index (χ4n) is 2.09. The Morgan fingerprint density at radius 1 is 1.63 bits per heavy atom. The first kappa shape index (κ1) is 13.5. The fourth-order valence-corrected chi connectivity index (χ4v) is 2.09. The van der Waals surface area contributed by atoms with Gasteiger partial charge in [-0.25, -0.2) is 4.79 Å². The Balaban J connectivity index is 2.25. The number of aryl methyl sites for hydroxylation is 1. The fraction of sp³-hybridized carbons (Fsp3) is 0.545. The molecule has 8 heteroatoms. The molecule has 2 rings (SSSR count). The Bertz CT molecular complexity index is 605. The van der Waals surface area contributed by atoms with Gasteiger partial charge >= 0.3 is 11.7 Å².